The van der Waals surface area contributed by atoms with Crippen LogP contribution in [-0.4, -0.2) is 47.4 Å². The number of ether oxygens (including phenoxy) is 1. The third-order valence-corrected chi connectivity index (χ3v) is 9.41. The molecule has 1 aromatic heterocycles. The minimum Gasteiger partial charge on any atom is -0.395 e. The van der Waals surface area contributed by atoms with Gasteiger partial charge in [0.15, 0.2) is 5.69 Å². The molecule has 2 aliphatic rings. The monoisotopic (exact) mass is 603 g/mol. The summed E-state index contributed by atoms with van der Waals surface area (Å²) in [7, 11) is 0. The van der Waals surface area contributed by atoms with Gasteiger partial charge in [0.1, 0.15) is 10.9 Å². The number of hydrogen-bond acceptors (Lipinski definition) is 7. The zero-order valence-electron chi connectivity index (χ0n) is 25.2. The lowest BCUT2D eigenvalue weighted by molar-refractivity contribution is -0.123. The number of carbonyl (C=O) groups excluding carboxylic acids is 3. The predicted octanol–water partition coefficient (Wildman–Crippen LogP) is 5.40. The van der Waals surface area contributed by atoms with Crippen LogP contribution in [0.25, 0.3) is 0 Å². The maximum atomic E-state index is 14.6. The Morgan fingerprint density at radius 2 is 1.77 bits per heavy atom. The van der Waals surface area contributed by atoms with Gasteiger partial charge in [0, 0.05) is 24.9 Å². The van der Waals surface area contributed by atoms with Gasteiger partial charge in [-0.1, -0.05) is 61.2 Å². The maximum Gasteiger partial charge on any atom is 0.273 e. The summed E-state index contributed by atoms with van der Waals surface area (Å²) in [6.45, 7) is 6.90. The van der Waals surface area contributed by atoms with Crippen LogP contribution in [0.5, 0.6) is 0 Å². The molecule has 228 valence electrons. The van der Waals surface area contributed by atoms with Crippen molar-refractivity contribution in [1.29, 1.82) is 0 Å². The second kappa shape index (κ2) is 13.7. The molecule has 2 atom stereocenters. The van der Waals surface area contributed by atoms with Crippen molar-refractivity contribution >= 4 is 40.6 Å². The molecule has 0 radical (unpaired) electrons. The number of nitrogens with two attached hydrogens (primary N) is 1. The Bertz CT molecular complexity index is 1460. The third kappa shape index (κ3) is 6.91. The van der Waals surface area contributed by atoms with E-state index in [0.717, 1.165) is 66.7 Å². The first kappa shape index (κ1) is 30.7. The number of benzene rings is 2. The Morgan fingerprint density at radius 1 is 1.02 bits per heavy atom. The molecule has 1 saturated carbocycles. The Labute approximate surface area is 257 Å². The average Bonchev–Trinajstić information content (AvgIpc) is 3.67. The van der Waals surface area contributed by atoms with Gasteiger partial charge in [-0.05, 0) is 80.7 Å². The minimum absolute atomic E-state index is 0.0287. The molecule has 1 aliphatic carbocycles. The molecular formula is C33H41N5O4S. The van der Waals surface area contributed by atoms with Crippen molar-refractivity contribution in [3.8, 4) is 0 Å². The number of nitrogen functional groups attached to an aromatic ring is 1. The number of anilines is 2. The molecule has 2 aromatic carbocycles. The van der Waals surface area contributed by atoms with Gasteiger partial charge in [-0.25, -0.2) is 0 Å². The van der Waals surface area contributed by atoms with E-state index in [1.54, 1.807) is 0 Å². The second-order valence-electron chi connectivity index (χ2n) is 11.7. The summed E-state index contributed by atoms with van der Waals surface area (Å²) in [5.41, 5.74) is 10.7. The van der Waals surface area contributed by atoms with Gasteiger partial charge in [-0.15, -0.1) is 0 Å². The van der Waals surface area contributed by atoms with E-state index in [1.165, 1.54) is 11.3 Å². The van der Waals surface area contributed by atoms with Gasteiger partial charge in [0.2, 0.25) is 5.91 Å². The molecule has 2 fully saturated rings. The van der Waals surface area contributed by atoms with Crippen molar-refractivity contribution in [3.63, 3.8) is 0 Å². The SMILES string of the molecule is Cc1ccc([C@H](C(=O)NC[C@@H]2CCCO2)N(C(=O)c2snc(C(=O)NC3CCCCC3)c2N)c2cccc(C)c2C)cc1. The standard InChI is InChI=1S/C33H41N5O4S/c1-20-14-16-23(17-15-20)29(32(40)35-19-25-12-8-18-42-25)38(26-13-7-9-21(2)22(26)3)33(41)30-27(34)28(37-43-30)31(39)36-24-10-5-4-6-11-24/h7,9,13-17,24-25,29H,4-6,8,10-12,18-19,34H2,1-3H3,(H,35,40)(H,36,39)/t25-,29+/m0/s1. The molecule has 3 amide bonds. The van der Waals surface area contributed by atoms with Crippen LogP contribution >= 0.6 is 11.5 Å². The van der Waals surface area contributed by atoms with E-state index >= 15 is 0 Å². The fourth-order valence-electron chi connectivity index (χ4n) is 5.87. The van der Waals surface area contributed by atoms with Crippen LogP contribution < -0.4 is 21.3 Å². The van der Waals surface area contributed by atoms with Crippen LogP contribution in [0.2, 0.25) is 0 Å². The lowest BCUT2D eigenvalue weighted by atomic mass is 9.95. The largest absolute Gasteiger partial charge is 0.395 e. The molecule has 1 aliphatic heterocycles. The highest BCUT2D eigenvalue weighted by molar-refractivity contribution is 7.09. The first-order valence-corrected chi connectivity index (χ1v) is 15.9. The third-order valence-electron chi connectivity index (χ3n) is 8.56. The number of amides is 3. The van der Waals surface area contributed by atoms with Gasteiger partial charge in [0.25, 0.3) is 11.8 Å². The molecule has 3 aromatic rings. The number of nitrogens with zero attached hydrogens (tertiary/aromatic N) is 2. The van der Waals surface area contributed by atoms with Crippen molar-refractivity contribution in [2.24, 2.45) is 0 Å². The number of carbonyl (C=O) groups is 3. The highest BCUT2D eigenvalue weighted by Gasteiger charge is 2.37. The van der Waals surface area contributed by atoms with Gasteiger partial charge in [-0.2, -0.15) is 4.37 Å². The summed E-state index contributed by atoms with van der Waals surface area (Å²) in [4.78, 5) is 43.5. The molecule has 2 heterocycles. The Hall–Kier alpha value is -3.76. The number of nitrogens with one attached hydrogen (secondary N) is 2. The van der Waals surface area contributed by atoms with Crippen LogP contribution in [0, 0.1) is 20.8 Å². The first-order chi connectivity index (χ1) is 20.7. The second-order valence-corrected chi connectivity index (χ2v) is 12.4. The first-order valence-electron chi connectivity index (χ1n) is 15.2. The van der Waals surface area contributed by atoms with Crippen molar-refractivity contribution in [2.75, 3.05) is 23.8 Å². The fraction of sp³-hybridized carbons (Fsp3) is 0.455. The van der Waals surface area contributed by atoms with Gasteiger partial charge in [0.05, 0.1) is 11.8 Å². The molecule has 1 saturated heterocycles. The molecule has 9 nitrogen and oxygen atoms in total. The average molecular weight is 604 g/mol. The van der Waals surface area contributed by atoms with Crippen molar-refractivity contribution in [3.05, 3.63) is 75.3 Å². The summed E-state index contributed by atoms with van der Waals surface area (Å²) < 4.78 is 10.1. The zero-order valence-corrected chi connectivity index (χ0v) is 26.0. The summed E-state index contributed by atoms with van der Waals surface area (Å²) in [6, 6.07) is 12.3. The van der Waals surface area contributed by atoms with Crippen LogP contribution in [0.15, 0.2) is 42.5 Å². The van der Waals surface area contributed by atoms with Crippen LogP contribution in [0.1, 0.15) is 93.4 Å². The highest BCUT2D eigenvalue weighted by Crippen LogP contribution is 2.36. The number of aryl methyl sites for hydroxylation is 2. The van der Waals surface area contributed by atoms with Crippen molar-refractivity contribution < 1.29 is 19.1 Å². The summed E-state index contributed by atoms with van der Waals surface area (Å²) in [5.74, 6) is -1.19. The number of aromatic nitrogens is 1. The number of rotatable bonds is 9. The Balaban J connectivity index is 1.54. The zero-order chi connectivity index (χ0) is 30.5. The van der Waals surface area contributed by atoms with Crippen molar-refractivity contribution in [1.82, 2.24) is 15.0 Å². The molecule has 0 bridgehead atoms. The smallest absolute Gasteiger partial charge is 0.273 e. The fourth-order valence-corrected chi connectivity index (χ4v) is 6.61. The van der Waals surface area contributed by atoms with Crippen LogP contribution in [0.3, 0.4) is 0 Å². The van der Waals surface area contributed by atoms with E-state index in [4.69, 9.17) is 10.5 Å². The molecular weight excluding hydrogens is 562 g/mol. The van der Waals surface area contributed by atoms with Crippen LogP contribution in [0.4, 0.5) is 11.4 Å². The van der Waals surface area contributed by atoms with Gasteiger partial charge in [-0.3, -0.25) is 19.3 Å². The van der Waals surface area contributed by atoms with Gasteiger partial charge < -0.3 is 21.1 Å². The summed E-state index contributed by atoms with van der Waals surface area (Å²) in [5, 5.41) is 6.09. The molecule has 5 rings (SSSR count). The molecule has 4 N–H and O–H groups in total. The Kier molecular flexibility index (Phi) is 9.77. The lowest BCUT2D eigenvalue weighted by Crippen LogP contribution is -2.46. The quantitative estimate of drug-likeness (QED) is 0.301. The topological polar surface area (TPSA) is 127 Å². The predicted molar refractivity (Wildman–Crippen MR) is 169 cm³/mol. The van der Waals surface area contributed by atoms with E-state index < -0.39 is 11.9 Å². The molecule has 0 unspecified atom stereocenters. The number of hydrogen-bond donors (Lipinski definition) is 3. The lowest BCUT2D eigenvalue weighted by Gasteiger charge is -2.33. The summed E-state index contributed by atoms with van der Waals surface area (Å²) >= 11 is 0.889. The molecule has 10 heteroatoms. The Morgan fingerprint density at radius 3 is 2.47 bits per heavy atom. The minimum atomic E-state index is -1.00. The van der Waals surface area contributed by atoms with E-state index in [-0.39, 0.29) is 40.2 Å². The highest BCUT2D eigenvalue weighted by atomic mass is 32.1. The van der Waals surface area contributed by atoms with E-state index in [9.17, 15) is 14.4 Å². The van der Waals surface area contributed by atoms with E-state index in [1.807, 2.05) is 63.2 Å². The normalized spacial score (nSPS) is 17.8. The van der Waals surface area contributed by atoms with Crippen molar-refractivity contribution in [2.45, 2.75) is 83.9 Å². The van der Waals surface area contributed by atoms with E-state index in [0.29, 0.717) is 24.4 Å². The van der Waals surface area contributed by atoms with E-state index in [2.05, 4.69) is 15.0 Å². The van der Waals surface area contributed by atoms with Gasteiger partial charge >= 0.3 is 0 Å². The molecule has 0 spiro atoms. The molecule has 43 heavy (non-hydrogen) atoms. The van der Waals surface area contributed by atoms with Crippen LogP contribution in [-0.2, 0) is 9.53 Å². The maximum absolute atomic E-state index is 14.6. The summed E-state index contributed by atoms with van der Waals surface area (Å²) in [6.07, 6.45) is 6.91.